The molecule has 0 spiro atoms. The van der Waals surface area contributed by atoms with Gasteiger partial charge in [0.2, 0.25) is 5.91 Å². The second-order valence-electron chi connectivity index (χ2n) is 14.8. The van der Waals surface area contributed by atoms with Gasteiger partial charge in [-0.15, -0.1) is 13.2 Å². The van der Waals surface area contributed by atoms with Crippen molar-refractivity contribution in [2.75, 3.05) is 31.6 Å². The summed E-state index contributed by atoms with van der Waals surface area (Å²) in [6, 6.07) is 9.82. The number of nitrogens with zero attached hydrogens (tertiary/aromatic N) is 5. The molecule has 4 aliphatic carbocycles. The smallest absolute Gasteiger partial charge is 0.496 e. The molecule has 3 heterocycles. The molecule has 0 radical (unpaired) electrons. The number of ether oxygens (including phenoxy) is 2. The Bertz CT molecular complexity index is 1710. The molecule has 13 heteroatoms. The Hall–Kier alpha value is -4.13. The summed E-state index contributed by atoms with van der Waals surface area (Å²) in [5.41, 5.74) is 3.22. The molecule has 5 fully saturated rings. The van der Waals surface area contributed by atoms with E-state index < -0.39 is 18.5 Å². The van der Waals surface area contributed by atoms with E-state index in [0.717, 1.165) is 56.0 Å². The number of β-amino-alcohol motifs (C(OH)–C–C–N with tert-alkyl or cyclic N) is 1. The van der Waals surface area contributed by atoms with Crippen LogP contribution in [0.5, 0.6) is 5.75 Å². The highest BCUT2D eigenvalue weighted by molar-refractivity contribution is 5.95. The van der Waals surface area contributed by atoms with E-state index in [1.165, 1.54) is 22.9 Å². The van der Waals surface area contributed by atoms with Crippen molar-refractivity contribution in [1.82, 2.24) is 19.7 Å². The fourth-order valence-electron chi connectivity index (χ4n) is 8.57. The standard InChI is InChI=1S/C37H44F3N5O5/c1-24-17-28(5-8-31(24)49-2)36-13-10-35(11-14-36,12-15-36)23-44(32-18-26(9-16-41-32)27-19-42-45(20-27)37(38,39)40)33(47)25-3-6-30(7-4-25)50-34(48)43-21-29(46)22-43/h5,8-9,16-20,25,29-30,46H,3-4,6-7,10-15,21-23H2,1-2H3. The lowest BCUT2D eigenvalue weighted by atomic mass is 9.51. The van der Waals surface area contributed by atoms with Crippen molar-refractivity contribution in [2.45, 2.75) is 95.1 Å². The van der Waals surface area contributed by atoms with Crippen LogP contribution in [0.25, 0.3) is 11.1 Å². The van der Waals surface area contributed by atoms with Crippen LogP contribution >= 0.6 is 0 Å². The first-order valence-corrected chi connectivity index (χ1v) is 17.6. The van der Waals surface area contributed by atoms with Crippen LogP contribution in [0.2, 0.25) is 0 Å². The average molecular weight is 696 g/mol. The third-order valence-electron chi connectivity index (χ3n) is 11.8. The maximum Gasteiger partial charge on any atom is 0.504 e. The number of pyridine rings is 1. The predicted octanol–water partition coefficient (Wildman–Crippen LogP) is 6.74. The first-order chi connectivity index (χ1) is 23.9. The first kappa shape index (κ1) is 34.3. The molecule has 1 N–H and O–H groups in total. The minimum absolute atomic E-state index is 0.0275. The van der Waals surface area contributed by atoms with E-state index in [-0.39, 0.29) is 52.1 Å². The van der Waals surface area contributed by atoms with Crippen molar-refractivity contribution in [3.63, 3.8) is 0 Å². The van der Waals surface area contributed by atoms with Crippen LogP contribution in [-0.2, 0) is 21.2 Å². The number of carbonyl (C=O) groups excluding carboxylic acids is 2. The van der Waals surface area contributed by atoms with Gasteiger partial charge in [-0.05, 0) is 117 Å². The summed E-state index contributed by atoms with van der Waals surface area (Å²) in [4.78, 5) is 34.8. The Kier molecular flexibility index (Phi) is 9.06. The van der Waals surface area contributed by atoms with Crippen LogP contribution in [0.4, 0.5) is 23.8 Å². The Balaban J connectivity index is 1.10. The van der Waals surface area contributed by atoms with Gasteiger partial charge in [-0.2, -0.15) is 9.78 Å². The van der Waals surface area contributed by atoms with Gasteiger partial charge in [0.15, 0.2) is 0 Å². The molecule has 4 saturated carbocycles. The zero-order valence-corrected chi connectivity index (χ0v) is 28.5. The molecule has 1 aliphatic heterocycles. The highest BCUT2D eigenvalue weighted by Gasteiger charge is 2.51. The zero-order valence-electron chi connectivity index (χ0n) is 28.5. The number of methoxy groups -OCH3 is 1. The van der Waals surface area contributed by atoms with E-state index in [1.807, 2.05) is 0 Å². The topological polar surface area (TPSA) is 110 Å². The first-order valence-electron chi connectivity index (χ1n) is 17.6. The van der Waals surface area contributed by atoms with Gasteiger partial charge >= 0.3 is 12.4 Å². The largest absolute Gasteiger partial charge is 0.504 e. The van der Waals surface area contributed by atoms with Gasteiger partial charge in [-0.1, -0.05) is 12.1 Å². The molecule has 2 amide bonds. The van der Waals surface area contributed by atoms with E-state index in [0.29, 0.717) is 43.6 Å². The van der Waals surface area contributed by atoms with Crippen LogP contribution in [0, 0.1) is 18.3 Å². The Morgan fingerprint density at radius 2 is 1.70 bits per heavy atom. The highest BCUT2D eigenvalue weighted by atomic mass is 19.4. The number of halogens is 3. The monoisotopic (exact) mass is 695 g/mol. The number of aliphatic hydroxyl groups excluding tert-OH is 1. The van der Waals surface area contributed by atoms with E-state index in [2.05, 4.69) is 35.2 Å². The number of amides is 2. The Labute approximate surface area is 289 Å². The van der Waals surface area contributed by atoms with Gasteiger partial charge in [0.1, 0.15) is 17.7 Å². The second-order valence-corrected chi connectivity index (χ2v) is 14.8. The van der Waals surface area contributed by atoms with E-state index in [9.17, 15) is 27.9 Å². The SMILES string of the molecule is COc1ccc(C23CCC(CN(C(=O)C4CCC(OC(=O)N5CC(O)C5)CC4)c4cc(-c5cnn(C(F)(F)F)c5)ccn4)(CC2)CC3)cc1C. The van der Waals surface area contributed by atoms with Gasteiger partial charge in [0, 0.05) is 30.4 Å². The third-order valence-corrected chi connectivity index (χ3v) is 11.8. The van der Waals surface area contributed by atoms with Crippen LogP contribution in [-0.4, -0.2) is 75.7 Å². The average Bonchev–Trinajstić information content (AvgIpc) is 3.62. The molecule has 10 nitrogen and oxygen atoms in total. The molecule has 3 aromatic rings. The molecular formula is C37H44F3N5O5. The molecule has 0 atom stereocenters. The van der Waals surface area contributed by atoms with Crippen molar-refractivity contribution in [3.05, 3.63) is 60.0 Å². The molecule has 8 rings (SSSR count). The summed E-state index contributed by atoms with van der Waals surface area (Å²) in [7, 11) is 1.69. The lowest BCUT2D eigenvalue weighted by molar-refractivity contribution is -0.212. The maximum absolute atomic E-state index is 14.5. The fraction of sp³-hybridized carbons (Fsp3) is 0.568. The van der Waals surface area contributed by atoms with Crippen LogP contribution in [0.3, 0.4) is 0 Å². The Morgan fingerprint density at radius 1 is 1.00 bits per heavy atom. The number of aromatic nitrogens is 3. The number of anilines is 1. The lowest BCUT2D eigenvalue weighted by Gasteiger charge is -2.55. The third kappa shape index (κ3) is 6.68. The molecule has 1 saturated heterocycles. The molecule has 2 aromatic heterocycles. The summed E-state index contributed by atoms with van der Waals surface area (Å²) in [5.74, 6) is 0.932. The van der Waals surface area contributed by atoms with Crippen LogP contribution < -0.4 is 9.64 Å². The number of alkyl halides is 3. The Morgan fingerprint density at radius 3 is 2.30 bits per heavy atom. The molecule has 1 aromatic carbocycles. The van der Waals surface area contributed by atoms with Crippen molar-refractivity contribution in [3.8, 4) is 16.9 Å². The summed E-state index contributed by atoms with van der Waals surface area (Å²) >= 11 is 0. The molecular weight excluding hydrogens is 651 g/mol. The number of rotatable bonds is 8. The highest BCUT2D eigenvalue weighted by Crippen LogP contribution is 2.58. The van der Waals surface area contributed by atoms with Gasteiger partial charge in [-0.3, -0.25) is 9.69 Å². The fourth-order valence-corrected chi connectivity index (χ4v) is 8.57. The van der Waals surface area contributed by atoms with E-state index >= 15 is 0 Å². The molecule has 268 valence electrons. The quantitative estimate of drug-likeness (QED) is 0.278. The summed E-state index contributed by atoms with van der Waals surface area (Å²) in [5, 5.41) is 13.0. The van der Waals surface area contributed by atoms with E-state index in [4.69, 9.17) is 9.47 Å². The van der Waals surface area contributed by atoms with Crippen molar-refractivity contribution in [1.29, 1.82) is 0 Å². The molecule has 0 unspecified atom stereocenters. The normalized spacial score (nSPS) is 26.7. The lowest BCUT2D eigenvalue weighted by Crippen LogP contribution is -2.54. The van der Waals surface area contributed by atoms with E-state index in [1.54, 1.807) is 24.1 Å². The van der Waals surface area contributed by atoms with Gasteiger partial charge < -0.3 is 19.5 Å². The zero-order chi connectivity index (χ0) is 35.3. The number of benzene rings is 1. The number of aliphatic hydroxyl groups is 1. The number of carbonyl (C=O) groups is 2. The number of likely N-dealkylation sites (tertiary alicyclic amines) is 1. The van der Waals surface area contributed by atoms with Crippen LogP contribution in [0.1, 0.15) is 75.3 Å². The maximum atomic E-state index is 14.5. The molecule has 50 heavy (non-hydrogen) atoms. The second kappa shape index (κ2) is 13.2. The van der Waals surface area contributed by atoms with Crippen molar-refractivity contribution >= 4 is 17.8 Å². The predicted molar refractivity (Wildman–Crippen MR) is 178 cm³/mol. The number of hydrogen-bond donors (Lipinski definition) is 1. The molecule has 2 bridgehead atoms. The number of fused-ring (bicyclic) bond motifs is 3. The van der Waals surface area contributed by atoms with Crippen molar-refractivity contribution < 1.29 is 37.3 Å². The van der Waals surface area contributed by atoms with Gasteiger partial charge in [0.25, 0.3) is 0 Å². The summed E-state index contributed by atoms with van der Waals surface area (Å²) < 4.78 is 51.2. The minimum Gasteiger partial charge on any atom is -0.496 e. The van der Waals surface area contributed by atoms with Crippen molar-refractivity contribution in [2.24, 2.45) is 11.3 Å². The van der Waals surface area contributed by atoms with Crippen LogP contribution in [0.15, 0.2) is 48.9 Å². The summed E-state index contributed by atoms with van der Waals surface area (Å²) in [6.45, 7) is 3.09. The van der Waals surface area contributed by atoms with Gasteiger partial charge in [-0.25, -0.2) is 9.78 Å². The number of aryl methyl sites for hydroxylation is 1. The number of hydrogen-bond acceptors (Lipinski definition) is 7. The summed E-state index contributed by atoms with van der Waals surface area (Å²) in [6.07, 6.45) is 5.83. The minimum atomic E-state index is -4.64. The van der Waals surface area contributed by atoms with Gasteiger partial charge in [0.05, 0.1) is 32.5 Å². The molecule has 5 aliphatic rings.